The number of hydrogen-bond donors (Lipinski definition) is 1. The second-order valence-electron chi connectivity index (χ2n) is 4.71. The molecule has 1 saturated heterocycles. The maximum atomic E-state index is 12.0. The highest BCUT2D eigenvalue weighted by Crippen LogP contribution is 2.23. The molecular weight excluding hydrogens is 282 g/mol. The van der Waals surface area contributed by atoms with Crippen molar-refractivity contribution in [3.8, 4) is 0 Å². The van der Waals surface area contributed by atoms with Crippen LogP contribution in [0.2, 0.25) is 0 Å². The minimum absolute atomic E-state index is 0.0708. The van der Waals surface area contributed by atoms with Gasteiger partial charge in [-0.25, -0.2) is 0 Å². The summed E-state index contributed by atoms with van der Waals surface area (Å²) in [5, 5.41) is 4.09. The van der Waals surface area contributed by atoms with Crippen molar-refractivity contribution in [1.82, 2.24) is 5.32 Å². The van der Waals surface area contributed by atoms with Gasteiger partial charge in [-0.3, -0.25) is 4.79 Å². The summed E-state index contributed by atoms with van der Waals surface area (Å²) in [6.45, 7) is 5.78. The maximum Gasteiger partial charge on any atom is 0.225 e. The third-order valence-electron chi connectivity index (χ3n) is 3.61. The quantitative estimate of drug-likeness (QED) is 0.735. The van der Waals surface area contributed by atoms with Gasteiger partial charge in [0.05, 0.1) is 12.0 Å². The Bertz CT molecular complexity index is 235. The van der Waals surface area contributed by atoms with Crippen molar-refractivity contribution in [2.75, 3.05) is 18.5 Å². The van der Waals surface area contributed by atoms with E-state index in [4.69, 9.17) is 4.74 Å². The van der Waals surface area contributed by atoms with E-state index in [2.05, 4.69) is 35.1 Å². The van der Waals surface area contributed by atoms with Crippen LogP contribution in [0.4, 0.5) is 0 Å². The number of halogens is 1. The molecule has 0 aromatic rings. The molecule has 0 bridgehead atoms. The van der Waals surface area contributed by atoms with Gasteiger partial charge >= 0.3 is 0 Å². The lowest BCUT2D eigenvalue weighted by atomic mass is 9.97. The molecule has 100 valence electrons. The summed E-state index contributed by atoms with van der Waals surface area (Å²) in [5.41, 5.74) is 0. The van der Waals surface area contributed by atoms with Gasteiger partial charge in [-0.15, -0.1) is 0 Å². The van der Waals surface area contributed by atoms with E-state index in [0.717, 1.165) is 44.2 Å². The molecule has 0 radical (unpaired) electrons. The Morgan fingerprint density at radius 3 is 2.88 bits per heavy atom. The van der Waals surface area contributed by atoms with Crippen molar-refractivity contribution in [2.45, 2.75) is 45.6 Å². The lowest BCUT2D eigenvalue weighted by molar-refractivity contribution is -0.126. The van der Waals surface area contributed by atoms with Gasteiger partial charge in [0, 0.05) is 18.5 Å². The molecule has 0 saturated carbocycles. The second-order valence-corrected chi connectivity index (χ2v) is 5.50. The van der Waals surface area contributed by atoms with E-state index in [-0.39, 0.29) is 17.9 Å². The van der Waals surface area contributed by atoms with Crippen molar-refractivity contribution in [3.05, 3.63) is 0 Å². The van der Waals surface area contributed by atoms with Gasteiger partial charge in [-0.2, -0.15) is 0 Å². The summed E-state index contributed by atoms with van der Waals surface area (Å²) in [7, 11) is 0. The lowest BCUT2D eigenvalue weighted by Crippen LogP contribution is -2.37. The van der Waals surface area contributed by atoms with Gasteiger partial charge in [0.15, 0.2) is 0 Å². The van der Waals surface area contributed by atoms with Gasteiger partial charge in [0.1, 0.15) is 0 Å². The molecule has 1 rings (SSSR count). The highest BCUT2D eigenvalue weighted by molar-refractivity contribution is 9.09. The molecule has 1 fully saturated rings. The number of rotatable bonds is 7. The number of carbonyl (C=O) groups excluding carboxylic acids is 1. The number of nitrogens with one attached hydrogen (secondary N) is 1. The Labute approximate surface area is 113 Å². The van der Waals surface area contributed by atoms with Crippen molar-refractivity contribution in [2.24, 2.45) is 11.8 Å². The minimum atomic E-state index is 0.0708. The first-order valence-corrected chi connectivity index (χ1v) is 7.80. The Hall–Kier alpha value is -0.0900. The maximum absolute atomic E-state index is 12.0. The summed E-state index contributed by atoms with van der Waals surface area (Å²) in [5.74, 6) is 0.838. The van der Waals surface area contributed by atoms with Crippen LogP contribution in [0, 0.1) is 11.8 Å². The van der Waals surface area contributed by atoms with E-state index in [9.17, 15) is 4.79 Å². The summed E-state index contributed by atoms with van der Waals surface area (Å²) in [6, 6.07) is 0. The lowest BCUT2D eigenvalue weighted by Gasteiger charge is -2.19. The molecule has 1 aliphatic heterocycles. The van der Waals surface area contributed by atoms with Crippen LogP contribution in [-0.4, -0.2) is 30.5 Å². The van der Waals surface area contributed by atoms with Crippen LogP contribution in [-0.2, 0) is 9.53 Å². The topological polar surface area (TPSA) is 38.3 Å². The number of ether oxygens (including phenoxy) is 1. The zero-order valence-electron chi connectivity index (χ0n) is 10.9. The molecule has 3 unspecified atom stereocenters. The highest BCUT2D eigenvalue weighted by atomic mass is 79.9. The van der Waals surface area contributed by atoms with Gasteiger partial charge in [0.25, 0.3) is 0 Å². The van der Waals surface area contributed by atoms with Crippen LogP contribution in [0.15, 0.2) is 0 Å². The molecule has 4 heteroatoms. The van der Waals surface area contributed by atoms with Crippen molar-refractivity contribution in [3.63, 3.8) is 0 Å². The number of alkyl halides is 1. The van der Waals surface area contributed by atoms with Gasteiger partial charge < -0.3 is 10.1 Å². The number of amides is 1. The predicted molar refractivity (Wildman–Crippen MR) is 73.3 cm³/mol. The third kappa shape index (κ3) is 4.59. The molecule has 17 heavy (non-hydrogen) atoms. The SMILES string of the molecule is CCC(CCBr)CNC(=O)C1CCOC1CC. The first kappa shape index (κ1) is 15.0. The molecule has 0 aromatic carbocycles. The molecule has 1 heterocycles. The van der Waals surface area contributed by atoms with E-state index in [0.29, 0.717) is 5.92 Å². The summed E-state index contributed by atoms with van der Waals surface area (Å²) in [4.78, 5) is 12.0. The zero-order chi connectivity index (χ0) is 12.7. The zero-order valence-corrected chi connectivity index (χ0v) is 12.5. The first-order valence-electron chi connectivity index (χ1n) is 6.68. The van der Waals surface area contributed by atoms with Gasteiger partial charge in [-0.1, -0.05) is 36.2 Å². The Morgan fingerprint density at radius 1 is 1.53 bits per heavy atom. The largest absolute Gasteiger partial charge is 0.377 e. The molecule has 3 nitrogen and oxygen atoms in total. The monoisotopic (exact) mass is 305 g/mol. The van der Waals surface area contributed by atoms with Crippen LogP contribution in [0.3, 0.4) is 0 Å². The van der Waals surface area contributed by atoms with Crippen molar-refractivity contribution >= 4 is 21.8 Å². The summed E-state index contributed by atoms with van der Waals surface area (Å²) in [6.07, 6.45) is 4.17. The standard InChI is InChI=1S/C13H24BrNO2/c1-3-10(5-7-14)9-15-13(16)11-6-8-17-12(11)4-2/h10-12H,3-9H2,1-2H3,(H,15,16). The smallest absolute Gasteiger partial charge is 0.225 e. The van der Waals surface area contributed by atoms with Crippen LogP contribution >= 0.6 is 15.9 Å². The summed E-state index contributed by atoms with van der Waals surface area (Å²) < 4.78 is 5.55. The fourth-order valence-electron chi connectivity index (χ4n) is 2.33. The molecule has 0 aliphatic carbocycles. The van der Waals surface area contributed by atoms with E-state index >= 15 is 0 Å². The van der Waals surface area contributed by atoms with E-state index in [1.54, 1.807) is 0 Å². The minimum Gasteiger partial charge on any atom is -0.377 e. The van der Waals surface area contributed by atoms with Crippen LogP contribution in [0.1, 0.15) is 39.5 Å². The summed E-state index contributed by atoms with van der Waals surface area (Å²) >= 11 is 3.45. The fraction of sp³-hybridized carbons (Fsp3) is 0.923. The molecular formula is C13H24BrNO2. The van der Waals surface area contributed by atoms with Crippen LogP contribution < -0.4 is 5.32 Å². The van der Waals surface area contributed by atoms with E-state index < -0.39 is 0 Å². The van der Waals surface area contributed by atoms with Gasteiger partial charge in [0.2, 0.25) is 5.91 Å². The average molecular weight is 306 g/mol. The Balaban J connectivity index is 2.33. The fourth-order valence-corrected chi connectivity index (χ4v) is 2.98. The average Bonchev–Trinajstić information content (AvgIpc) is 2.82. The first-order chi connectivity index (χ1) is 8.22. The van der Waals surface area contributed by atoms with Crippen LogP contribution in [0.25, 0.3) is 0 Å². The van der Waals surface area contributed by atoms with Gasteiger partial charge in [-0.05, 0) is 25.2 Å². The molecule has 0 spiro atoms. The van der Waals surface area contributed by atoms with E-state index in [1.165, 1.54) is 0 Å². The van der Waals surface area contributed by atoms with Crippen molar-refractivity contribution < 1.29 is 9.53 Å². The molecule has 1 aliphatic rings. The molecule has 3 atom stereocenters. The second kappa shape index (κ2) is 8.09. The molecule has 0 aromatic heterocycles. The normalized spacial score (nSPS) is 25.8. The van der Waals surface area contributed by atoms with Crippen LogP contribution in [0.5, 0.6) is 0 Å². The highest BCUT2D eigenvalue weighted by Gasteiger charge is 2.32. The molecule has 1 amide bonds. The third-order valence-corrected chi connectivity index (χ3v) is 4.07. The van der Waals surface area contributed by atoms with Crippen molar-refractivity contribution in [1.29, 1.82) is 0 Å². The Kier molecular flexibility index (Phi) is 7.12. The Morgan fingerprint density at radius 2 is 2.29 bits per heavy atom. The number of carbonyl (C=O) groups is 1. The number of hydrogen-bond acceptors (Lipinski definition) is 2. The predicted octanol–water partition coefficient (Wildman–Crippen LogP) is 2.73. The van der Waals surface area contributed by atoms with E-state index in [1.807, 2.05) is 0 Å². The molecule has 1 N–H and O–H groups in total.